The van der Waals surface area contributed by atoms with Gasteiger partial charge in [-0.05, 0) is 54.1 Å². The van der Waals surface area contributed by atoms with Crippen LogP contribution in [0.15, 0.2) is 83.8 Å². The number of amides is 1. The van der Waals surface area contributed by atoms with Crippen LogP contribution in [0.4, 0.5) is 11.4 Å². The first kappa shape index (κ1) is 22.2. The van der Waals surface area contributed by atoms with E-state index in [0.29, 0.717) is 17.8 Å². The van der Waals surface area contributed by atoms with Crippen molar-refractivity contribution < 1.29 is 13.2 Å². The molecule has 1 aliphatic rings. The van der Waals surface area contributed by atoms with Gasteiger partial charge in [-0.15, -0.1) is 0 Å². The summed E-state index contributed by atoms with van der Waals surface area (Å²) in [5, 5.41) is 2.91. The maximum Gasteiger partial charge on any atom is 0.261 e. The first-order valence-electron chi connectivity index (χ1n) is 10.4. The molecule has 1 amide bonds. The van der Waals surface area contributed by atoms with Gasteiger partial charge in [-0.3, -0.25) is 9.52 Å². The molecule has 32 heavy (non-hydrogen) atoms. The van der Waals surface area contributed by atoms with Gasteiger partial charge in [-0.25, -0.2) is 8.42 Å². The summed E-state index contributed by atoms with van der Waals surface area (Å²) in [4.78, 5) is 15.1. The third kappa shape index (κ3) is 5.63. The molecule has 0 atom stereocenters. The van der Waals surface area contributed by atoms with E-state index in [0.717, 1.165) is 30.2 Å². The molecule has 1 fully saturated rings. The third-order valence-corrected chi connectivity index (χ3v) is 7.56. The van der Waals surface area contributed by atoms with Crippen molar-refractivity contribution in [1.82, 2.24) is 5.32 Å². The number of nitrogens with one attached hydrogen (secondary N) is 2. The molecule has 0 unspecified atom stereocenters. The third-order valence-electron chi connectivity index (χ3n) is 5.22. The van der Waals surface area contributed by atoms with Crippen LogP contribution in [0.5, 0.6) is 0 Å². The zero-order valence-electron chi connectivity index (χ0n) is 17.5. The van der Waals surface area contributed by atoms with Gasteiger partial charge in [-0.2, -0.15) is 11.8 Å². The number of carbonyl (C=O) groups is 1. The summed E-state index contributed by atoms with van der Waals surface area (Å²) in [5.41, 5.74) is 3.11. The van der Waals surface area contributed by atoms with Crippen LogP contribution in [-0.2, 0) is 16.6 Å². The molecule has 0 saturated carbocycles. The van der Waals surface area contributed by atoms with Crippen LogP contribution in [0.2, 0.25) is 0 Å². The average Bonchev–Trinajstić information content (AvgIpc) is 2.84. The van der Waals surface area contributed by atoms with Gasteiger partial charge in [0.15, 0.2) is 0 Å². The molecule has 8 heteroatoms. The van der Waals surface area contributed by atoms with E-state index in [4.69, 9.17) is 0 Å². The van der Waals surface area contributed by atoms with Crippen molar-refractivity contribution in [3.05, 3.63) is 90.0 Å². The van der Waals surface area contributed by atoms with Gasteiger partial charge >= 0.3 is 0 Å². The van der Waals surface area contributed by atoms with Crippen molar-refractivity contribution >= 4 is 39.1 Å². The Morgan fingerprint density at radius 1 is 0.875 bits per heavy atom. The van der Waals surface area contributed by atoms with E-state index < -0.39 is 10.0 Å². The predicted molar refractivity (Wildman–Crippen MR) is 131 cm³/mol. The van der Waals surface area contributed by atoms with E-state index in [1.54, 1.807) is 42.5 Å². The molecule has 2 N–H and O–H groups in total. The van der Waals surface area contributed by atoms with Crippen molar-refractivity contribution in [3.8, 4) is 0 Å². The van der Waals surface area contributed by atoms with Crippen molar-refractivity contribution in [2.45, 2.75) is 11.4 Å². The maximum absolute atomic E-state index is 12.5. The van der Waals surface area contributed by atoms with Crippen LogP contribution in [-0.4, -0.2) is 38.9 Å². The lowest BCUT2D eigenvalue weighted by Gasteiger charge is -2.28. The van der Waals surface area contributed by atoms with Gasteiger partial charge in [0.05, 0.1) is 4.90 Å². The lowest BCUT2D eigenvalue weighted by atomic mass is 10.1. The van der Waals surface area contributed by atoms with E-state index in [1.165, 1.54) is 17.8 Å². The highest BCUT2D eigenvalue weighted by Crippen LogP contribution is 2.20. The number of anilines is 2. The number of rotatable bonds is 7. The van der Waals surface area contributed by atoms with Crippen LogP contribution in [0, 0.1) is 0 Å². The predicted octanol–water partition coefficient (Wildman–Crippen LogP) is 3.97. The lowest BCUT2D eigenvalue weighted by Crippen LogP contribution is -2.32. The Morgan fingerprint density at radius 3 is 2.19 bits per heavy atom. The Labute approximate surface area is 193 Å². The van der Waals surface area contributed by atoms with Crippen LogP contribution in [0.1, 0.15) is 15.9 Å². The Balaban J connectivity index is 1.32. The van der Waals surface area contributed by atoms with E-state index in [-0.39, 0.29) is 10.8 Å². The fourth-order valence-corrected chi connectivity index (χ4v) is 5.42. The van der Waals surface area contributed by atoms with Crippen LogP contribution in [0.25, 0.3) is 0 Å². The average molecular weight is 468 g/mol. The SMILES string of the molecule is O=C(NCc1ccc(N2CCSCC2)cc1)c1ccc(NS(=O)(=O)c2ccccc2)cc1. The highest BCUT2D eigenvalue weighted by Gasteiger charge is 2.14. The summed E-state index contributed by atoms with van der Waals surface area (Å²) >= 11 is 1.99. The fraction of sp³-hybridized carbons (Fsp3) is 0.208. The standard InChI is InChI=1S/C24H25N3O3S2/c28-24(25-18-19-6-12-22(13-7-19)27-14-16-31-17-15-27)20-8-10-21(11-9-20)26-32(29,30)23-4-2-1-3-5-23/h1-13,26H,14-18H2,(H,25,28). The van der Waals surface area contributed by atoms with Crippen molar-refractivity contribution in [1.29, 1.82) is 0 Å². The highest BCUT2D eigenvalue weighted by molar-refractivity contribution is 7.99. The van der Waals surface area contributed by atoms with E-state index in [1.807, 2.05) is 23.9 Å². The van der Waals surface area contributed by atoms with Gasteiger partial charge in [0, 0.05) is 48.1 Å². The number of benzene rings is 3. The van der Waals surface area contributed by atoms with Gasteiger partial charge in [0.1, 0.15) is 0 Å². The highest BCUT2D eigenvalue weighted by atomic mass is 32.2. The summed E-state index contributed by atoms with van der Waals surface area (Å²) in [5.74, 6) is 2.11. The Hall–Kier alpha value is -2.97. The number of sulfonamides is 1. The van der Waals surface area contributed by atoms with Crippen LogP contribution in [0.3, 0.4) is 0 Å². The van der Waals surface area contributed by atoms with Gasteiger partial charge < -0.3 is 10.2 Å². The maximum atomic E-state index is 12.5. The number of carbonyl (C=O) groups excluding carboxylic acids is 1. The summed E-state index contributed by atoms with van der Waals surface area (Å²) in [6, 6.07) is 22.8. The molecule has 0 aromatic heterocycles. The van der Waals surface area contributed by atoms with E-state index in [9.17, 15) is 13.2 Å². The minimum atomic E-state index is -3.66. The van der Waals surface area contributed by atoms with Gasteiger partial charge in [0.25, 0.3) is 15.9 Å². The number of nitrogens with zero attached hydrogens (tertiary/aromatic N) is 1. The van der Waals surface area contributed by atoms with Crippen LogP contribution >= 0.6 is 11.8 Å². The number of hydrogen-bond acceptors (Lipinski definition) is 5. The topological polar surface area (TPSA) is 78.5 Å². The Bertz CT molecular complexity index is 1140. The summed E-state index contributed by atoms with van der Waals surface area (Å²) < 4.78 is 27.3. The van der Waals surface area contributed by atoms with Crippen molar-refractivity contribution in [2.75, 3.05) is 34.2 Å². The first-order chi connectivity index (χ1) is 15.5. The Kier molecular flexibility index (Phi) is 7.02. The second-order valence-electron chi connectivity index (χ2n) is 7.44. The monoisotopic (exact) mass is 467 g/mol. The summed E-state index contributed by atoms with van der Waals surface area (Å²) in [7, 11) is -3.66. The molecule has 1 saturated heterocycles. The first-order valence-corrected chi connectivity index (χ1v) is 13.0. The molecule has 0 aliphatic carbocycles. The largest absolute Gasteiger partial charge is 0.370 e. The van der Waals surface area contributed by atoms with E-state index in [2.05, 4.69) is 27.1 Å². The molecule has 0 spiro atoms. The molecule has 1 heterocycles. The number of thioether (sulfide) groups is 1. The lowest BCUT2D eigenvalue weighted by molar-refractivity contribution is 0.0951. The minimum absolute atomic E-state index is 0.187. The van der Waals surface area contributed by atoms with E-state index >= 15 is 0 Å². The second kappa shape index (κ2) is 10.1. The summed E-state index contributed by atoms with van der Waals surface area (Å²) in [6.07, 6.45) is 0. The number of hydrogen-bond donors (Lipinski definition) is 2. The van der Waals surface area contributed by atoms with Crippen molar-refractivity contribution in [3.63, 3.8) is 0 Å². The smallest absolute Gasteiger partial charge is 0.261 e. The second-order valence-corrected chi connectivity index (χ2v) is 10.4. The fourth-order valence-electron chi connectivity index (χ4n) is 3.43. The van der Waals surface area contributed by atoms with Gasteiger partial charge in [-0.1, -0.05) is 30.3 Å². The Morgan fingerprint density at radius 2 is 1.53 bits per heavy atom. The molecule has 0 bridgehead atoms. The van der Waals surface area contributed by atoms with Crippen LogP contribution < -0.4 is 14.9 Å². The zero-order chi connectivity index (χ0) is 22.4. The molecule has 4 rings (SSSR count). The zero-order valence-corrected chi connectivity index (χ0v) is 19.2. The molecular formula is C24H25N3O3S2. The normalized spacial score (nSPS) is 14.1. The molecule has 1 aliphatic heterocycles. The molecule has 0 radical (unpaired) electrons. The molecule has 3 aromatic carbocycles. The minimum Gasteiger partial charge on any atom is -0.370 e. The van der Waals surface area contributed by atoms with Gasteiger partial charge in [0.2, 0.25) is 0 Å². The van der Waals surface area contributed by atoms with Crippen molar-refractivity contribution in [2.24, 2.45) is 0 Å². The molecular weight excluding hydrogens is 442 g/mol. The molecule has 166 valence electrons. The quantitative estimate of drug-likeness (QED) is 0.550. The molecule has 6 nitrogen and oxygen atoms in total. The molecule has 3 aromatic rings. The summed E-state index contributed by atoms with van der Waals surface area (Å²) in [6.45, 7) is 2.56.